The highest BCUT2D eigenvalue weighted by molar-refractivity contribution is 5.87. The lowest BCUT2D eigenvalue weighted by Gasteiger charge is -2.22. The van der Waals surface area contributed by atoms with Gasteiger partial charge in [-0.2, -0.15) is 13.2 Å². The third-order valence-electron chi connectivity index (χ3n) is 2.25. The second-order valence-corrected chi connectivity index (χ2v) is 3.44. The minimum atomic E-state index is -4.54. The van der Waals surface area contributed by atoms with Crippen molar-refractivity contribution >= 4 is 11.8 Å². The van der Waals surface area contributed by atoms with Crippen molar-refractivity contribution < 1.29 is 22.8 Å². The molecule has 0 aromatic heterocycles. The third kappa shape index (κ3) is 3.10. The average molecular weight is 224 g/mol. The molecule has 2 N–H and O–H groups in total. The lowest BCUT2D eigenvalue weighted by molar-refractivity contribution is -0.163. The Morgan fingerprint density at radius 1 is 1.40 bits per heavy atom. The SMILES string of the molecule is NC(=O)C1CCCN1C(=O)CC(F)(F)F. The summed E-state index contributed by atoms with van der Waals surface area (Å²) in [6.45, 7) is 0.169. The van der Waals surface area contributed by atoms with Gasteiger partial charge in [0.2, 0.25) is 11.8 Å². The normalized spacial score (nSPS) is 21.8. The van der Waals surface area contributed by atoms with Crippen LogP contribution in [0.15, 0.2) is 0 Å². The molecule has 0 saturated carbocycles. The van der Waals surface area contributed by atoms with Crippen LogP contribution in [0.25, 0.3) is 0 Å². The van der Waals surface area contributed by atoms with Crippen molar-refractivity contribution in [2.75, 3.05) is 6.54 Å². The molecule has 1 saturated heterocycles. The zero-order valence-electron chi connectivity index (χ0n) is 7.88. The number of rotatable bonds is 2. The molecule has 1 aliphatic heterocycles. The topological polar surface area (TPSA) is 63.4 Å². The van der Waals surface area contributed by atoms with E-state index in [2.05, 4.69) is 0 Å². The van der Waals surface area contributed by atoms with Gasteiger partial charge in [0.1, 0.15) is 12.5 Å². The van der Waals surface area contributed by atoms with Crippen molar-refractivity contribution in [1.29, 1.82) is 0 Å². The van der Waals surface area contributed by atoms with E-state index in [1.807, 2.05) is 0 Å². The molecule has 0 aromatic rings. The maximum absolute atomic E-state index is 11.9. The van der Waals surface area contributed by atoms with Gasteiger partial charge in [0.05, 0.1) is 0 Å². The minimum absolute atomic E-state index is 0.169. The summed E-state index contributed by atoms with van der Waals surface area (Å²) >= 11 is 0. The van der Waals surface area contributed by atoms with E-state index in [1.54, 1.807) is 0 Å². The second kappa shape index (κ2) is 4.08. The molecule has 1 atom stereocenters. The fourth-order valence-electron chi connectivity index (χ4n) is 1.63. The van der Waals surface area contributed by atoms with Crippen LogP contribution in [0.3, 0.4) is 0 Å². The number of carbonyl (C=O) groups is 2. The van der Waals surface area contributed by atoms with Crippen LogP contribution >= 0.6 is 0 Å². The van der Waals surface area contributed by atoms with Crippen LogP contribution in [0.5, 0.6) is 0 Å². The van der Waals surface area contributed by atoms with Crippen molar-refractivity contribution in [2.45, 2.75) is 31.5 Å². The van der Waals surface area contributed by atoms with E-state index in [1.165, 1.54) is 0 Å². The maximum Gasteiger partial charge on any atom is 0.397 e. The molecule has 2 amide bonds. The molecule has 1 rings (SSSR count). The number of amides is 2. The van der Waals surface area contributed by atoms with Crippen molar-refractivity contribution in [1.82, 2.24) is 4.90 Å². The zero-order chi connectivity index (χ0) is 11.6. The molecular formula is C8H11F3N2O2. The van der Waals surface area contributed by atoms with Crippen molar-refractivity contribution in [3.63, 3.8) is 0 Å². The van der Waals surface area contributed by atoms with Crippen molar-refractivity contribution in [3.8, 4) is 0 Å². The quantitative estimate of drug-likeness (QED) is 0.738. The summed E-state index contributed by atoms with van der Waals surface area (Å²) < 4.78 is 35.8. The molecule has 0 radical (unpaired) electrons. The lowest BCUT2D eigenvalue weighted by Crippen LogP contribution is -2.44. The molecule has 1 fully saturated rings. The van der Waals surface area contributed by atoms with E-state index in [0.717, 1.165) is 4.90 Å². The van der Waals surface area contributed by atoms with Crippen LogP contribution < -0.4 is 5.73 Å². The van der Waals surface area contributed by atoms with Gasteiger partial charge in [-0.05, 0) is 12.8 Å². The van der Waals surface area contributed by atoms with Gasteiger partial charge in [0, 0.05) is 6.54 Å². The Morgan fingerprint density at radius 2 is 2.00 bits per heavy atom. The van der Waals surface area contributed by atoms with Crippen LogP contribution in [0, 0.1) is 0 Å². The second-order valence-electron chi connectivity index (χ2n) is 3.44. The fraction of sp³-hybridized carbons (Fsp3) is 0.750. The van der Waals surface area contributed by atoms with Gasteiger partial charge in [-0.1, -0.05) is 0 Å². The van der Waals surface area contributed by atoms with Gasteiger partial charge in [0.15, 0.2) is 0 Å². The van der Waals surface area contributed by atoms with Gasteiger partial charge >= 0.3 is 6.18 Å². The summed E-state index contributed by atoms with van der Waals surface area (Å²) in [5.41, 5.74) is 4.98. The van der Waals surface area contributed by atoms with Crippen LogP contribution in [0.4, 0.5) is 13.2 Å². The molecule has 0 bridgehead atoms. The Bertz CT molecular complexity index is 278. The van der Waals surface area contributed by atoms with E-state index < -0.39 is 30.5 Å². The summed E-state index contributed by atoms with van der Waals surface area (Å²) in [4.78, 5) is 22.9. The highest BCUT2D eigenvalue weighted by atomic mass is 19.4. The summed E-state index contributed by atoms with van der Waals surface area (Å²) in [7, 11) is 0. The number of likely N-dealkylation sites (tertiary alicyclic amines) is 1. The monoisotopic (exact) mass is 224 g/mol. The number of primary amides is 1. The molecular weight excluding hydrogens is 213 g/mol. The summed E-state index contributed by atoms with van der Waals surface area (Å²) in [6, 6.07) is -0.875. The Balaban J connectivity index is 2.63. The van der Waals surface area contributed by atoms with E-state index in [0.29, 0.717) is 12.8 Å². The van der Waals surface area contributed by atoms with Gasteiger partial charge < -0.3 is 10.6 Å². The molecule has 15 heavy (non-hydrogen) atoms. The number of halogens is 3. The molecule has 1 aliphatic rings. The van der Waals surface area contributed by atoms with Crippen molar-refractivity contribution in [2.24, 2.45) is 5.73 Å². The van der Waals surface area contributed by atoms with Gasteiger partial charge in [0.25, 0.3) is 0 Å². The predicted octanol–water partition coefficient (Wildman–Crippen LogP) is 0.415. The summed E-state index contributed by atoms with van der Waals surface area (Å²) in [5, 5.41) is 0. The molecule has 0 spiro atoms. The Morgan fingerprint density at radius 3 is 2.47 bits per heavy atom. The number of carbonyl (C=O) groups excluding carboxylic acids is 2. The summed E-state index contributed by atoms with van der Waals surface area (Å²) in [5.74, 6) is -1.83. The minimum Gasteiger partial charge on any atom is -0.368 e. The maximum atomic E-state index is 11.9. The number of hydrogen-bond donors (Lipinski definition) is 1. The number of alkyl halides is 3. The first-order valence-corrected chi connectivity index (χ1v) is 4.47. The summed E-state index contributed by atoms with van der Waals surface area (Å²) in [6.07, 6.45) is -5.21. The Labute approximate surface area is 84.2 Å². The lowest BCUT2D eigenvalue weighted by atomic mass is 10.2. The first-order chi connectivity index (χ1) is 6.81. The first kappa shape index (κ1) is 11.8. The Kier molecular flexibility index (Phi) is 3.21. The van der Waals surface area contributed by atoms with Crippen LogP contribution in [0.2, 0.25) is 0 Å². The molecule has 4 nitrogen and oxygen atoms in total. The molecule has 1 heterocycles. The van der Waals surface area contributed by atoms with Crippen LogP contribution in [-0.2, 0) is 9.59 Å². The van der Waals surface area contributed by atoms with E-state index in [-0.39, 0.29) is 6.54 Å². The fourth-order valence-corrected chi connectivity index (χ4v) is 1.63. The molecule has 1 unspecified atom stereocenters. The highest BCUT2D eigenvalue weighted by Crippen LogP contribution is 2.24. The van der Waals surface area contributed by atoms with Gasteiger partial charge in [-0.15, -0.1) is 0 Å². The third-order valence-corrected chi connectivity index (χ3v) is 2.25. The number of nitrogens with zero attached hydrogens (tertiary/aromatic N) is 1. The molecule has 0 aliphatic carbocycles. The first-order valence-electron chi connectivity index (χ1n) is 4.47. The number of hydrogen-bond acceptors (Lipinski definition) is 2. The van der Waals surface area contributed by atoms with Crippen molar-refractivity contribution in [3.05, 3.63) is 0 Å². The largest absolute Gasteiger partial charge is 0.397 e. The van der Waals surface area contributed by atoms with Gasteiger partial charge in [-0.3, -0.25) is 9.59 Å². The standard InChI is InChI=1S/C8H11F3N2O2/c9-8(10,11)4-6(14)13-3-1-2-5(13)7(12)15/h5H,1-4H2,(H2,12,15). The molecule has 0 aromatic carbocycles. The average Bonchev–Trinajstić information content (AvgIpc) is 2.47. The molecule has 7 heteroatoms. The highest BCUT2D eigenvalue weighted by Gasteiger charge is 2.38. The number of nitrogens with two attached hydrogens (primary N) is 1. The smallest absolute Gasteiger partial charge is 0.368 e. The predicted molar refractivity (Wildman–Crippen MR) is 44.6 cm³/mol. The van der Waals surface area contributed by atoms with Crippen LogP contribution in [0.1, 0.15) is 19.3 Å². The van der Waals surface area contributed by atoms with Gasteiger partial charge in [-0.25, -0.2) is 0 Å². The Hall–Kier alpha value is -1.27. The van der Waals surface area contributed by atoms with E-state index in [9.17, 15) is 22.8 Å². The van der Waals surface area contributed by atoms with Crippen LogP contribution in [-0.4, -0.2) is 35.5 Å². The molecule has 86 valence electrons. The van der Waals surface area contributed by atoms with E-state index >= 15 is 0 Å². The van der Waals surface area contributed by atoms with E-state index in [4.69, 9.17) is 5.73 Å². The zero-order valence-corrected chi connectivity index (χ0v) is 7.88.